The lowest BCUT2D eigenvalue weighted by Gasteiger charge is -2.24. The van der Waals surface area contributed by atoms with Gasteiger partial charge in [-0.05, 0) is 37.0 Å². The largest absolute Gasteiger partial charge is 0.377 e. The number of benzene rings is 1. The highest BCUT2D eigenvalue weighted by Crippen LogP contribution is 2.31. The minimum atomic E-state index is -0.550. The molecule has 0 aromatic heterocycles. The first-order valence-corrected chi connectivity index (χ1v) is 8.13. The Bertz CT molecular complexity index is 565. The Morgan fingerprint density at radius 1 is 1.32 bits per heavy atom. The van der Waals surface area contributed by atoms with Crippen LogP contribution in [-0.2, 0) is 9.53 Å². The van der Waals surface area contributed by atoms with Crippen LogP contribution in [0.3, 0.4) is 0 Å². The van der Waals surface area contributed by atoms with E-state index in [1.807, 2.05) is 13.8 Å². The van der Waals surface area contributed by atoms with Crippen LogP contribution < -0.4 is 5.32 Å². The number of nitrogens with one attached hydrogen (secondary N) is 1. The van der Waals surface area contributed by atoms with Crippen LogP contribution in [0.1, 0.15) is 38.8 Å². The Hall–Kier alpha value is -0.840. The molecule has 3 atom stereocenters. The summed E-state index contributed by atoms with van der Waals surface area (Å²) in [4.78, 5) is 12.5. The quantitative estimate of drug-likeness (QED) is 0.821. The van der Waals surface area contributed by atoms with E-state index in [2.05, 4.69) is 5.32 Å². The molecule has 1 aromatic rings. The van der Waals surface area contributed by atoms with E-state index in [-0.39, 0.29) is 28.9 Å². The summed E-state index contributed by atoms with van der Waals surface area (Å²) in [5, 5.41) is 3.20. The zero-order valence-electron chi connectivity index (χ0n) is 12.8. The Kier molecular flexibility index (Phi) is 5.70. The lowest BCUT2D eigenvalue weighted by atomic mass is 9.92. The molecule has 22 heavy (non-hydrogen) atoms. The Morgan fingerprint density at radius 2 is 2.00 bits per heavy atom. The SMILES string of the molecule is CC(NC(=O)C1CCOC1C(C)C)c1cc(F)c(Cl)cc1Cl. The first-order valence-electron chi connectivity index (χ1n) is 7.37. The monoisotopic (exact) mass is 347 g/mol. The van der Waals surface area contributed by atoms with Crippen molar-refractivity contribution in [3.05, 3.63) is 33.6 Å². The average molecular weight is 348 g/mol. The van der Waals surface area contributed by atoms with Gasteiger partial charge in [0.05, 0.1) is 23.1 Å². The second-order valence-electron chi connectivity index (χ2n) is 5.99. The van der Waals surface area contributed by atoms with Gasteiger partial charge in [0.1, 0.15) is 5.82 Å². The van der Waals surface area contributed by atoms with Gasteiger partial charge in [-0.25, -0.2) is 4.39 Å². The molecule has 1 saturated heterocycles. The van der Waals surface area contributed by atoms with Crippen molar-refractivity contribution in [2.75, 3.05) is 6.61 Å². The second kappa shape index (κ2) is 7.16. The maximum Gasteiger partial charge on any atom is 0.226 e. The first-order chi connectivity index (χ1) is 10.3. The van der Waals surface area contributed by atoms with Gasteiger partial charge < -0.3 is 10.1 Å². The molecule has 3 unspecified atom stereocenters. The molecular weight excluding hydrogens is 328 g/mol. The summed E-state index contributed by atoms with van der Waals surface area (Å²) in [5.41, 5.74) is 0.511. The minimum Gasteiger partial charge on any atom is -0.377 e. The van der Waals surface area contributed by atoms with Gasteiger partial charge in [0.15, 0.2) is 0 Å². The van der Waals surface area contributed by atoms with Crippen LogP contribution in [0.5, 0.6) is 0 Å². The van der Waals surface area contributed by atoms with E-state index in [1.165, 1.54) is 12.1 Å². The molecule has 1 fully saturated rings. The highest BCUT2D eigenvalue weighted by atomic mass is 35.5. The summed E-state index contributed by atoms with van der Waals surface area (Å²) in [6.45, 7) is 6.43. The summed E-state index contributed by atoms with van der Waals surface area (Å²) in [7, 11) is 0. The third-order valence-electron chi connectivity index (χ3n) is 3.99. The van der Waals surface area contributed by atoms with Gasteiger partial charge in [0.2, 0.25) is 5.91 Å². The summed E-state index contributed by atoms with van der Waals surface area (Å²) in [6, 6.07) is 2.22. The number of rotatable bonds is 4. The summed E-state index contributed by atoms with van der Waals surface area (Å²) in [5.74, 6) is -0.551. The van der Waals surface area contributed by atoms with Crippen molar-refractivity contribution in [2.24, 2.45) is 11.8 Å². The topological polar surface area (TPSA) is 38.3 Å². The van der Waals surface area contributed by atoms with Crippen LogP contribution in [0, 0.1) is 17.7 Å². The van der Waals surface area contributed by atoms with Crippen molar-refractivity contribution in [1.82, 2.24) is 5.32 Å². The molecule has 3 nitrogen and oxygen atoms in total. The molecule has 122 valence electrons. The smallest absolute Gasteiger partial charge is 0.226 e. The molecule has 1 aromatic carbocycles. The summed E-state index contributed by atoms with van der Waals surface area (Å²) in [6.07, 6.45) is 0.619. The average Bonchev–Trinajstić information content (AvgIpc) is 2.92. The van der Waals surface area contributed by atoms with E-state index in [9.17, 15) is 9.18 Å². The van der Waals surface area contributed by atoms with Gasteiger partial charge in [-0.2, -0.15) is 0 Å². The number of amides is 1. The highest BCUT2D eigenvalue weighted by molar-refractivity contribution is 6.35. The van der Waals surface area contributed by atoms with E-state index < -0.39 is 11.9 Å². The summed E-state index contributed by atoms with van der Waals surface area (Å²) >= 11 is 11.8. The van der Waals surface area contributed by atoms with Crippen LogP contribution in [-0.4, -0.2) is 18.6 Å². The molecule has 1 heterocycles. The summed E-state index contributed by atoms with van der Waals surface area (Å²) < 4.78 is 19.2. The third-order valence-corrected chi connectivity index (χ3v) is 4.61. The zero-order chi connectivity index (χ0) is 16.4. The van der Waals surface area contributed by atoms with Gasteiger partial charge in [-0.15, -0.1) is 0 Å². The number of halogens is 3. The Morgan fingerprint density at radius 3 is 2.64 bits per heavy atom. The van der Waals surface area contributed by atoms with E-state index in [4.69, 9.17) is 27.9 Å². The molecule has 1 N–H and O–H groups in total. The fourth-order valence-electron chi connectivity index (χ4n) is 2.82. The maximum absolute atomic E-state index is 13.6. The Labute approximate surface area is 140 Å². The lowest BCUT2D eigenvalue weighted by molar-refractivity contribution is -0.128. The highest BCUT2D eigenvalue weighted by Gasteiger charge is 2.36. The minimum absolute atomic E-state index is 0.0312. The van der Waals surface area contributed by atoms with Crippen LogP contribution >= 0.6 is 23.2 Å². The lowest BCUT2D eigenvalue weighted by Crippen LogP contribution is -2.38. The van der Waals surface area contributed by atoms with Crippen LogP contribution in [0.2, 0.25) is 10.0 Å². The predicted molar refractivity (Wildman–Crippen MR) is 85.7 cm³/mol. The van der Waals surface area contributed by atoms with Crippen LogP contribution in [0.25, 0.3) is 0 Å². The fourth-order valence-corrected chi connectivity index (χ4v) is 3.36. The number of hydrogen-bond acceptors (Lipinski definition) is 2. The van der Waals surface area contributed by atoms with Gasteiger partial charge in [0.25, 0.3) is 0 Å². The molecular formula is C16H20Cl2FNO2. The van der Waals surface area contributed by atoms with E-state index in [1.54, 1.807) is 6.92 Å². The molecule has 1 aliphatic heterocycles. The molecule has 0 spiro atoms. The molecule has 1 amide bonds. The van der Waals surface area contributed by atoms with Gasteiger partial charge in [0, 0.05) is 11.6 Å². The van der Waals surface area contributed by atoms with Crippen molar-refractivity contribution in [2.45, 2.75) is 39.3 Å². The van der Waals surface area contributed by atoms with Crippen LogP contribution in [0.4, 0.5) is 4.39 Å². The predicted octanol–water partition coefficient (Wildman–Crippen LogP) is 4.37. The molecule has 6 heteroatoms. The molecule has 0 bridgehead atoms. The van der Waals surface area contributed by atoms with Crippen molar-refractivity contribution in [3.8, 4) is 0 Å². The maximum atomic E-state index is 13.6. The van der Waals surface area contributed by atoms with Gasteiger partial charge in [-0.3, -0.25) is 4.79 Å². The van der Waals surface area contributed by atoms with E-state index in [0.29, 0.717) is 23.6 Å². The van der Waals surface area contributed by atoms with Crippen LogP contribution in [0.15, 0.2) is 12.1 Å². The standard InChI is InChI=1S/C16H20Cl2FNO2/c1-8(2)15-10(4-5-22-15)16(21)20-9(3)11-6-14(19)13(18)7-12(11)17/h6-10,15H,4-5H2,1-3H3,(H,20,21). The molecule has 1 aliphatic rings. The van der Waals surface area contributed by atoms with Crippen molar-refractivity contribution in [3.63, 3.8) is 0 Å². The number of carbonyl (C=O) groups is 1. The number of ether oxygens (including phenoxy) is 1. The molecule has 0 aliphatic carbocycles. The normalized spacial score (nSPS) is 22.9. The van der Waals surface area contributed by atoms with Gasteiger partial charge >= 0.3 is 0 Å². The first kappa shape index (κ1) is 17.5. The molecule has 0 saturated carbocycles. The Balaban J connectivity index is 2.10. The zero-order valence-corrected chi connectivity index (χ0v) is 14.3. The number of carbonyl (C=O) groups excluding carboxylic acids is 1. The number of hydrogen-bond donors (Lipinski definition) is 1. The van der Waals surface area contributed by atoms with E-state index >= 15 is 0 Å². The molecule has 0 radical (unpaired) electrons. The van der Waals surface area contributed by atoms with Crippen molar-refractivity contribution >= 4 is 29.1 Å². The molecule has 2 rings (SSSR count). The van der Waals surface area contributed by atoms with Gasteiger partial charge in [-0.1, -0.05) is 37.0 Å². The van der Waals surface area contributed by atoms with Crippen molar-refractivity contribution in [1.29, 1.82) is 0 Å². The third kappa shape index (κ3) is 3.73. The van der Waals surface area contributed by atoms with Crippen molar-refractivity contribution < 1.29 is 13.9 Å². The fraction of sp³-hybridized carbons (Fsp3) is 0.562. The van der Waals surface area contributed by atoms with E-state index in [0.717, 1.165) is 0 Å². The second-order valence-corrected chi connectivity index (χ2v) is 6.81.